The average molecular weight is 864 g/mol. The zero-order valence-corrected chi connectivity index (χ0v) is 33.5. The molecule has 0 aliphatic carbocycles. The fourth-order valence-electron chi connectivity index (χ4n) is 5.03. The molecule has 2 aromatic heterocycles. The van der Waals surface area contributed by atoms with E-state index in [0.717, 1.165) is 49.9 Å². The van der Waals surface area contributed by atoms with Crippen molar-refractivity contribution in [2.45, 2.75) is 76.3 Å². The van der Waals surface area contributed by atoms with Gasteiger partial charge in [-0.1, -0.05) is 51.0 Å². The Bertz CT molecular complexity index is 1850. The summed E-state index contributed by atoms with van der Waals surface area (Å²) in [4.78, 5) is 29.2. The van der Waals surface area contributed by atoms with E-state index in [1.54, 1.807) is 48.5 Å². The van der Waals surface area contributed by atoms with Crippen molar-refractivity contribution in [2.24, 2.45) is 0 Å². The van der Waals surface area contributed by atoms with Gasteiger partial charge >= 0.3 is 18.2 Å². The molecule has 5 rings (SSSR count). The lowest BCUT2D eigenvalue weighted by Crippen LogP contribution is -2.33. The minimum Gasteiger partial charge on any atom is -0.508 e. The predicted molar refractivity (Wildman–Crippen MR) is 210 cm³/mol. The summed E-state index contributed by atoms with van der Waals surface area (Å²) in [5, 5.41) is 64.1. The van der Waals surface area contributed by atoms with E-state index in [9.17, 15) is 25.0 Å². The maximum Gasteiger partial charge on any atom is 0.469 e. The first-order chi connectivity index (χ1) is 27.2. The second-order valence-corrected chi connectivity index (χ2v) is 14.8. The van der Waals surface area contributed by atoms with Crippen molar-refractivity contribution < 1.29 is 71.8 Å². The Balaban J connectivity index is 0.000000293. The molecule has 0 spiro atoms. The summed E-state index contributed by atoms with van der Waals surface area (Å²) in [6.45, 7) is 6.67. The van der Waals surface area contributed by atoms with Crippen LogP contribution in [-0.2, 0) is 24.2 Å². The van der Waals surface area contributed by atoms with Gasteiger partial charge in [0.05, 0.1) is 25.1 Å². The number of anilines is 1. The normalized spacial score (nSPS) is 18.9. The van der Waals surface area contributed by atoms with E-state index in [1.165, 1.54) is 17.2 Å². The lowest BCUT2D eigenvalue weighted by molar-refractivity contribution is -0.0504. The molecule has 4 aromatic rings. The van der Waals surface area contributed by atoms with Crippen molar-refractivity contribution in [1.82, 2.24) is 30.2 Å². The van der Waals surface area contributed by atoms with Crippen molar-refractivity contribution in [3.63, 3.8) is 0 Å². The van der Waals surface area contributed by atoms with Crippen molar-refractivity contribution >= 4 is 35.2 Å². The molecule has 326 valence electrons. The van der Waals surface area contributed by atoms with Gasteiger partial charge in [-0.3, -0.25) is 18.2 Å². The SMILES string of the molecule is CCCCNCC(O)c1ccc(O)cc1.CCCCNCC(O)c1ccc(O)cc1.Nc1ncnc2c1ncn2[C@@H]1O[C@H](COP(=O)(O)O)[C@@H](O)[C@H]1O.O=S(=O)(O)O. The van der Waals surface area contributed by atoms with Gasteiger partial charge in [-0.2, -0.15) is 8.42 Å². The summed E-state index contributed by atoms with van der Waals surface area (Å²) in [6.07, 6.45) is 1.08. The van der Waals surface area contributed by atoms with Gasteiger partial charge in [-0.05, 0) is 61.3 Å². The summed E-state index contributed by atoms with van der Waals surface area (Å²) in [7, 11) is -9.39. The quantitative estimate of drug-likeness (QED) is 0.0426. The molecule has 3 heterocycles. The maximum atomic E-state index is 10.7. The van der Waals surface area contributed by atoms with Gasteiger partial charge in [0.25, 0.3) is 0 Å². The highest BCUT2D eigenvalue weighted by molar-refractivity contribution is 7.79. The van der Waals surface area contributed by atoms with Crippen molar-refractivity contribution in [3.05, 3.63) is 72.3 Å². The zero-order valence-electron chi connectivity index (χ0n) is 31.8. The van der Waals surface area contributed by atoms with Crippen LogP contribution in [0.3, 0.4) is 0 Å². The number of hydrogen-bond acceptors (Lipinski definition) is 17. The second-order valence-electron chi connectivity index (χ2n) is 12.7. The van der Waals surface area contributed by atoms with E-state index >= 15 is 0 Å². The van der Waals surface area contributed by atoms with E-state index in [4.69, 9.17) is 48.0 Å². The minimum absolute atomic E-state index is 0.142. The molecule has 6 atom stereocenters. The highest BCUT2D eigenvalue weighted by atomic mass is 32.3. The minimum atomic E-state index is -4.72. The average Bonchev–Trinajstić information content (AvgIpc) is 3.71. The fraction of sp³-hybridized carbons (Fsp3) is 0.500. The molecule has 2 aromatic carbocycles. The van der Waals surface area contributed by atoms with E-state index in [-0.39, 0.29) is 23.0 Å². The third-order valence-corrected chi connectivity index (χ3v) is 8.54. The summed E-state index contributed by atoms with van der Waals surface area (Å²) in [5.41, 5.74) is 7.91. The number of phosphoric ester groups is 1. The topological polar surface area (TPSA) is 366 Å². The third-order valence-electron chi connectivity index (χ3n) is 8.05. The number of rotatable bonds is 16. The molecule has 0 amide bonds. The number of aromatic nitrogens is 4. The van der Waals surface area contributed by atoms with Crippen LogP contribution < -0.4 is 16.4 Å². The molecule has 22 nitrogen and oxygen atoms in total. The molecule has 58 heavy (non-hydrogen) atoms. The Hall–Kier alpha value is -3.91. The number of ether oxygens (including phenoxy) is 1. The Morgan fingerprint density at radius 1 is 0.845 bits per heavy atom. The van der Waals surface area contributed by atoms with Crippen LogP contribution >= 0.6 is 7.82 Å². The van der Waals surface area contributed by atoms with E-state index in [0.29, 0.717) is 18.6 Å². The van der Waals surface area contributed by atoms with Crippen LogP contribution in [0, 0.1) is 0 Å². The van der Waals surface area contributed by atoms with Gasteiger partial charge in [-0.25, -0.2) is 19.5 Å². The van der Waals surface area contributed by atoms with E-state index in [1.807, 2.05) is 0 Å². The Morgan fingerprint density at radius 2 is 1.31 bits per heavy atom. The number of nitrogens with one attached hydrogen (secondary N) is 2. The number of imidazole rings is 1. The molecule has 1 aliphatic heterocycles. The van der Waals surface area contributed by atoms with Gasteiger partial charge in [0, 0.05) is 13.1 Å². The summed E-state index contributed by atoms with van der Waals surface area (Å²) < 4.78 is 53.4. The van der Waals surface area contributed by atoms with E-state index < -0.39 is 61.6 Å². The Morgan fingerprint density at radius 3 is 1.74 bits per heavy atom. The zero-order chi connectivity index (χ0) is 43.5. The number of benzene rings is 2. The standard InChI is InChI=1S/2C12H19NO2.C10H14N5O7P.H2O4S/c2*1-2-3-8-13-9-12(15)10-4-6-11(14)7-5-10;11-8-5-9(13-2-12-8)15(3-14-5)10-7(17)6(16)4(22-10)1-21-23(18,19)20;1-5(2,3)4/h2*4-7,12-15H,2-3,8-9H2,1H3;2-4,6-7,10,16-17H,1H2,(H2,11,12,13)(H2,18,19,20);(H2,1,2,3,4)/t;;4-,6-,7-,10-;/m..1./s1. The van der Waals surface area contributed by atoms with Crippen LogP contribution in [0.2, 0.25) is 0 Å². The van der Waals surface area contributed by atoms with Gasteiger partial charge in [-0.15, -0.1) is 0 Å². The molecule has 0 radical (unpaired) electrons. The molecule has 2 unspecified atom stereocenters. The maximum absolute atomic E-state index is 10.7. The molecule has 24 heteroatoms. The number of phenolic OH excluding ortho intramolecular Hbond substituents is 2. The monoisotopic (exact) mass is 863 g/mol. The number of nitrogen functional groups attached to an aromatic ring is 1. The van der Waals surface area contributed by atoms with Crippen molar-refractivity contribution in [2.75, 3.05) is 38.5 Å². The highest BCUT2D eigenvalue weighted by Gasteiger charge is 2.45. The van der Waals surface area contributed by atoms with Crippen LogP contribution in [0.5, 0.6) is 11.5 Å². The predicted octanol–water partition coefficient (Wildman–Crippen LogP) is 1.11. The van der Waals surface area contributed by atoms with Gasteiger partial charge in [0.1, 0.15) is 41.7 Å². The fourth-order valence-corrected chi connectivity index (χ4v) is 5.37. The number of unbranched alkanes of at least 4 members (excludes halogenated alkanes) is 2. The first kappa shape index (κ1) is 50.2. The molecule has 0 bridgehead atoms. The Labute approximate surface area is 335 Å². The van der Waals surface area contributed by atoms with Gasteiger partial charge in [0.15, 0.2) is 17.7 Å². The number of aliphatic hydroxyl groups is 4. The van der Waals surface area contributed by atoms with Crippen LogP contribution in [0.4, 0.5) is 5.82 Å². The number of fused-ring (bicyclic) bond motifs is 1. The number of aliphatic hydroxyl groups excluding tert-OH is 4. The van der Waals surface area contributed by atoms with Crippen LogP contribution in [0.15, 0.2) is 61.2 Å². The lowest BCUT2D eigenvalue weighted by Gasteiger charge is -2.16. The van der Waals surface area contributed by atoms with Gasteiger partial charge < -0.3 is 61.5 Å². The van der Waals surface area contributed by atoms with Crippen molar-refractivity contribution in [3.8, 4) is 11.5 Å². The Kier molecular flexibility index (Phi) is 21.5. The smallest absolute Gasteiger partial charge is 0.469 e. The van der Waals surface area contributed by atoms with Gasteiger partial charge in [0.2, 0.25) is 0 Å². The summed E-state index contributed by atoms with van der Waals surface area (Å²) in [6, 6.07) is 13.3. The number of hydrogen-bond donors (Lipinski definition) is 13. The number of nitrogens with zero attached hydrogens (tertiary/aromatic N) is 4. The molecule has 1 fully saturated rings. The third kappa shape index (κ3) is 18.8. The lowest BCUT2D eigenvalue weighted by atomic mass is 10.1. The first-order valence-electron chi connectivity index (χ1n) is 18.0. The number of phenols is 2. The summed E-state index contributed by atoms with van der Waals surface area (Å²) in [5.74, 6) is 0.595. The number of aromatic hydroxyl groups is 2. The van der Waals surface area contributed by atoms with Crippen molar-refractivity contribution in [1.29, 1.82) is 0 Å². The second kappa shape index (κ2) is 24.9. The van der Waals surface area contributed by atoms with Crippen LogP contribution in [0.1, 0.15) is 69.1 Å². The highest BCUT2D eigenvalue weighted by Crippen LogP contribution is 2.39. The van der Waals surface area contributed by atoms with E-state index in [2.05, 4.69) is 44.0 Å². The molecule has 0 saturated carbocycles. The number of phosphoric acid groups is 1. The molecular weight excluding hydrogens is 809 g/mol. The molecular formula is C34H54N7O15PS. The molecule has 1 saturated heterocycles. The number of nitrogens with two attached hydrogens (primary N) is 1. The first-order valence-corrected chi connectivity index (χ1v) is 20.9. The largest absolute Gasteiger partial charge is 0.508 e. The molecule has 14 N–H and O–H groups in total. The van der Waals surface area contributed by atoms with Crippen LogP contribution in [-0.4, -0.2) is 129 Å². The van der Waals surface area contributed by atoms with Crippen LogP contribution in [0.25, 0.3) is 11.2 Å². The molecule has 1 aliphatic rings. The summed E-state index contributed by atoms with van der Waals surface area (Å²) >= 11 is 0.